The van der Waals surface area contributed by atoms with Crippen molar-refractivity contribution in [3.05, 3.63) is 29.8 Å². The van der Waals surface area contributed by atoms with Crippen molar-refractivity contribution in [2.24, 2.45) is 5.92 Å². The zero-order valence-corrected chi connectivity index (χ0v) is 22.2. The monoisotopic (exact) mass is 546 g/mol. The minimum absolute atomic E-state index is 0.323. The van der Waals surface area contributed by atoms with Gasteiger partial charge in [0.15, 0.2) is 0 Å². The van der Waals surface area contributed by atoms with Crippen LogP contribution in [0.5, 0.6) is 5.75 Å². The highest BCUT2D eigenvalue weighted by atomic mass is 32.2. The summed E-state index contributed by atoms with van der Waals surface area (Å²) in [7, 11) is -2.41. The molecule has 3 rings (SSSR count). The van der Waals surface area contributed by atoms with Crippen LogP contribution in [0, 0.1) is 5.92 Å². The highest BCUT2D eigenvalue weighted by molar-refractivity contribution is 8.04. The average Bonchev–Trinajstić information content (AvgIpc) is 3.62. The summed E-state index contributed by atoms with van der Waals surface area (Å²) in [6.45, 7) is 3.27. The Hall–Kier alpha value is -2.80. The number of nitrogens with zero attached hydrogens (tertiary/aromatic N) is 2. The van der Waals surface area contributed by atoms with E-state index >= 15 is 8.78 Å². The van der Waals surface area contributed by atoms with Gasteiger partial charge in [-0.2, -0.15) is 4.31 Å². The third-order valence-corrected chi connectivity index (χ3v) is 8.01. The van der Waals surface area contributed by atoms with Crippen molar-refractivity contribution in [1.82, 2.24) is 9.21 Å². The van der Waals surface area contributed by atoms with Gasteiger partial charge in [-0.3, -0.25) is 14.5 Å². The fourth-order valence-electron chi connectivity index (χ4n) is 4.08. The Morgan fingerprint density at radius 2 is 1.70 bits per heavy atom. The lowest BCUT2D eigenvalue weighted by molar-refractivity contribution is -0.145. The van der Waals surface area contributed by atoms with Gasteiger partial charge in [-0.05, 0) is 51.3 Å². The van der Waals surface area contributed by atoms with Gasteiger partial charge in [0.2, 0.25) is 0 Å². The molecule has 1 aromatic carbocycles. The van der Waals surface area contributed by atoms with Gasteiger partial charge in [0.25, 0.3) is 21.1 Å². The minimum Gasteiger partial charge on any atom is -0.497 e. The molecule has 1 saturated carbocycles. The molecule has 206 valence electrons. The number of methoxy groups -OCH3 is 2. The highest BCUT2D eigenvalue weighted by Gasteiger charge is 2.63. The van der Waals surface area contributed by atoms with Gasteiger partial charge in [-0.1, -0.05) is 12.1 Å². The lowest BCUT2D eigenvalue weighted by Gasteiger charge is -2.32. The molecule has 0 spiro atoms. The maximum atomic E-state index is 16.0. The molecule has 1 heterocycles. The molecule has 13 heteroatoms. The fraction of sp³-hybridized carbons (Fsp3) is 0.625. The molecular formula is C24H32F2N2O8S. The lowest BCUT2D eigenvalue weighted by Crippen LogP contribution is -2.53. The van der Waals surface area contributed by atoms with Gasteiger partial charge < -0.3 is 14.2 Å². The van der Waals surface area contributed by atoms with Crippen molar-refractivity contribution in [2.45, 2.75) is 70.2 Å². The van der Waals surface area contributed by atoms with Gasteiger partial charge in [-0.15, -0.1) is 0 Å². The van der Waals surface area contributed by atoms with Gasteiger partial charge >= 0.3 is 12.1 Å². The van der Waals surface area contributed by atoms with Crippen LogP contribution < -0.4 is 4.74 Å². The molecule has 1 aromatic rings. The van der Waals surface area contributed by atoms with E-state index in [0.717, 1.165) is 7.11 Å². The Morgan fingerprint density at radius 1 is 1.11 bits per heavy atom. The van der Waals surface area contributed by atoms with E-state index in [4.69, 9.17) is 9.47 Å². The molecule has 1 aliphatic carbocycles. The number of rotatable bonds is 8. The van der Waals surface area contributed by atoms with Crippen LogP contribution in [0.4, 0.5) is 13.6 Å². The van der Waals surface area contributed by atoms with Crippen molar-refractivity contribution in [1.29, 1.82) is 0 Å². The number of carbonyl (C=O) groups excluding carboxylic acids is 3. The number of halogens is 2. The molecule has 0 bridgehead atoms. The van der Waals surface area contributed by atoms with E-state index in [1.165, 1.54) is 31.4 Å². The molecule has 1 saturated heterocycles. The van der Waals surface area contributed by atoms with Crippen molar-refractivity contribution in [2.75, 3.05) is 20.8 Å². The third kappa shape index (κ3) is 6.38. The second-order valence-corrected chi connectivity index (χ2v) is 11.9. The van der Waals surface area contributed by atoms with E-state index in [2.05, 4.69) is 4.74 Å². The highest BCUT2D eigenvalue weighted by Crippen LogP contribution is 2.43. The minimum atomic E-state index is -4.86. The topological polar surface area (TPSA) is 120 Å². The number of carbonyl (C=O) groups is 3. The lowest BCUT2D eigenvalue weighted by atomic mass is 10.0. The first kappa shape index (κ1) is 28.8. The molecule has 1 amide bonds. The molecular weight excluding hydrogens is 514 g/mol. The predicted molar refractivity (Wildman–Crippen MR) is 127 cm³/mol. The molecule has 0 N–H and O–H groups in total. The van der Waals surface area contributed by atoms with E-state index in [1.54, 1.807) is 20.8 Å². The van der Waals surface area contributed by atoms with Crippen LogP contribution >= 0.6 is 0 Å². The first-order valence-corrected chi connectivity index (χ1v) is 13.2. The SMILES string of the molecule is COC(=O)C[C@H]1N(C(=O)OC(C)(C)C)C[C@@H](N(Cc2ccc(OC)cc2)S(=O)(=O)C(=O)C2CC2)C1(F)F. The number of alkyl halides is 2. The normalized spacial score (nSPS) is 21.6. The van der Waals surface area contributed by atoms with Crippen LogP contribution in [0.15, 0.2) is 24.3 Å². The number of benzene rings is 1. The first-order chi connectivity index (χ1) is 17.1. The van der Waals surface area contributed by atoms with Crippen LogP contribution in [0.25, 0.3) is 0 Å². The van der Waals surface area contributed by atoms with Crippen molar-refractivity contribution in [3.63, 3.8) is 0 Å². The van der Waals surface area contributed by atoms with E-state index in [-0.39, 0.29) is 0 Å². The number of hydrogen-bond acceptors (Lipinski definition) is 8. The molecule has 37 heavy (non-hydrogen) atoms. The Morgan fingerprint density at radius 3 is 2.19 bits per heavy atom. The Balaban J connectivity index is 2.05. The number of amides is 1. The summed E-state index contributed by atoms with van der Waals surface area (Å²) in [5.74, 6) is -5.23. The van der Waals surface area contributed by atoms with E-state index in [9.17, 15) is 22.8 Å². The Kier molecular flexibility index (Phi) is 8.18. The van der Waals surface area contributed by atoms with Crippen LogP contribution in [0.2, 0.25) is 0 Å². The first-order valence-electron chi connectivity index (χ1n) is 11.7. The smallest absolute Gasteiger partial charge is 0.410 e. The van der Waals surface area contributed by atoms with Crippen molar-refractivity contribution in [3.8, 4) is 5.75 Å². The molecule has 2 fully saturated rings. The maximum Gasteiger partial charge on any atom is 0.410 e. The van der Waals surface area contributed by atoms with Crippen LogP contribution in [-0.2, 0) is 35.6 Å². The molecule has 0 unspecified atom stereocenters. The maximum absolute atomic E-state index is 16.0. The summed E-state index contributed by atoms with van der Waals surface area (Å²) < 4.78 is 74.1. The van der Waals surface area contributed by atoms with E-state index in [1.807, 2.05) is 0 Å². The van der Waals surface area contributed by atoms with Crippen molar-refractivity contribution >= 4 is 27.2 Å². The third-order valence-electron chi connectivity index (χ3n) is 6.17. The number of likely N-dealkylation sites (tertiary alicyclic amines) is 1. The summed E-state index contributed by atoms with van der Waals surface area (Å²) in [4.78, 5) is 38.3. The summed E-state index contributed by atoms with van der Waals surface area (Å²) in [6.07, 6.45) is -1.33. The second-order valence-electron chi connectivity index (χ2n) is 10.1. The van der Waals surface area contributed by atoms with E-state index < -0.39 is 76.2 Å². The summed E-state index contributed by atoms with van der Waals surface area (Å²) >= 11 is 0. The number of sulfonamides is 1. The molecule has 2 atom stereocenters. The van der Waals surface area contributed by atoms with Gasteiger partial charge in [0, 0.05) is 19.0 Å². The fourth-order valence-corrected chi connectivity index (χ4v) is 5.83. The van der Waals surface area contributed by atoms with Crippen LogP contribution in [-0.4, -0.2) is 79.2 Å². The van der Waals surface area contributed by atoms with Crippen LogP contribution in [0.1, 0.15) is 45.6 Å². The number of ether oxygens (including phenoxy) is 3. The Labute approximate surface area is 214 Å². The summed E-state index contributed by atoms with van der Waals surface area (Å²) in [5, 5.41) is -1.14. The number of hydrogen-bond donors (Lipinski definition) is 0. The molecule has 1 aliphatic heterocycles. The molecule has 0 radical (unpaired) electrons. The molecule has 10 nitrogen and oxygen atoms in total. The standard InChI is InChI=1S/C24H32F2N2O8S/c1-23(2,3)36-22(31)27-14-19(24(25,26)18(27)12-20(29)35-5)28(37(32,33)21(30)16-8-9-16)13-15-6-10-17(34-4)11-7-15/h6-7,10-11,16,18-19H,8-9,12-14H2,1-5H3/t18-,19-/m1/s1. The van der Waals surface area contributed by atoms with Crippen molar-refractivity contribution < 1.29 is 45.8 Å². The van der Waals surface area contributed by atoms with Gasteiger partial charge in [0.1, 0.15) is 23.4 Å². The van der Waals surface area contributed by atoms with Crippen LogP contribution in [0.3, 0.4) is 0 Å². The van der Waals surface area contributed by atoms with Gasteiger partial charge in [-0.25, -0.2) is 22.0 Å². The zero-order valence-electron chi connectivity index (χ0n) is 21.4. The quantitative estimate of drug-likeness (QED) is 0.457. The predicted octanol–water partition coefficient (Wildman–Crippen LogP) is 2.95. The van der Waals surface area contributed by atoms with E-state index in [0.29, 0.717) is 33.4 Å². The molecule has 2 aliphatic rings. The second kappa shape index (κ2) is 10.5. The number of esters is 1. The average molecular weight is 547 g/mol. The Bertz CT molecular complexity index is 1130. The zero-order chi connectivity index (χ0) is 27.8. The summed E-state index contributed by atoms with van der Waals surface area (Å²) in [6, 6.07) is 1.86. The summed E-state index contributed by atoms with van der Waals surface area (Å²) in [5.41, 5.74) is -0.721. The largest absolute Gasteiger partial charge is 0.497 e. The van der Waals surface area contributed by atoms with Gasteiger partial charge in [0.05, 0.1) is 20.6 Å². The molecule has 0 aromatic heterocycles.